The number of hydrogen-bond acceptors (Lipinski definition) is 1. The van der Waals surface area contributed by atoms with Gasteiger partial charge in [-0.25, -0.2) is 0 Å². The van der Waals surface area contributed by atoms with E-state index in [0.717, 1.165) is 24.0 Å². The van der Waals surface area contributed by atoms with Gasteiger partial charge in [-0.15, -0.1) is 0 Å². The Morgan fingerprint density at radius 3 is 2.40 bits per heavy atom. The Morgan fingerprint density at radius 1 is 1.20 bits per heavy atom. The minimum absolute atomic E-state index is 0.152. The lowest BCUT2D eigenvalue weighted by Crippen LogP contribution is -2.17. The number of rotatable bonds is 1. The average Bonchev–Trinajstić information content (AvgIpc) is 2.47. The molecule has 1 heteroatoms. The van der Waals surface area contributed by atoms with E-state index in [9.17, 15) is 4.79 Å². The Labute approximate surface area is 90.8 Å². The smallest absolute Gasteiger partial charge is 0.164 e. The van der Waals surface area contributed by atoms with E-state index in [4.69, 9.17) is 0 Å². The number of carbonyl (C=O) groups excluding carboxylic acids is 1. The zero-order chi connectivity index (χ0) is 10.9. The van der Waals surface area contributed by atoms with Crippen LogP contribution in [0.25, 0.3) is 6.08 Å². The van der Waals surface area contributed by atoms with Crippen LogP contribution in [0.2, 0.25) is 0 Å². The number of Topliss-reactive ketones (excluding diaryl/α,β-unsaturated/α-hetero) is 1. The number of allylic oxidation sites excluding steroid dienone is 1. The summed E-state index contributed by atoms with van der Waals surface area (Å²) in [7, 11) is 0. The molecule has 0 N–H and O–H groups in total. The van der Waals surface area contributed by atoms with Gasteiger partial charge in [0.25, 0.3) is 0 Å². The molecule has 1 fully saturated rings. The summed E-state index contributed by atoms with van der Waals surface area (Å²) >= 11 is 0. The summed E-state index contributed by atoms with van der Waals surface area (Å²) in [6.45, 7) is 4.06. The lowest BCUT2D eigenvalue weighted by atomic mass is 9.90. The monoisotopic (exact) mass is 200 g/mol. The Kier molecular flexibility index (Phi) is 2.47. The van der Waals surface area contributed by atoms with Crippen LogP contribution in [0.15, 0.2) is 35.9 Å². The largest absolute Gasteiger partial charge is 0.294 e. The standard InChI is InChI=1S/C14H16O/c1-14(2)9-8-12(13(14)15)10-11-6-4-3-5-7-11/h3-7,10H,8-9H2,1-2H3/b12-10+. The van der Waals surface area contributed by atoms with Crippen LogP contribution in [-0.4, -0.2) is 5.78 Å². The van der Waals surface area contributed by atoms with Crippen LogP contribution in [0.1, 0.15) is 32.3 Å². The topological polar surface area (TPSA) is 17.1 Å². The summed E-state index contributed by atoms with van der Waals surface area (Å²) in [4.78, 5) is 12.0. The van der Waals surface area contributed by atoms with Gasteiger partial charge in [0.1, 0.15) is 0 Å². The minimum Gasteiger partial charge on any atom is -0.294 e. The van der Waals surface area contributed by atoms with Gasteiger partial charge in [0.15, 0.2) is 5.78 Å². The number of ketones is 1. The fraction of sp³-hybridized carbons (Fsp3) is 0.357. The highest BCUT2D eigenvalue weighted by molar-refractivity contribution is 6.05. The first-order valence-electron chi connectivity index (χ1n) is 5.40. The molecule has 0 atom stereocenters. The van der Waals surface area contributed by atoms with Crippen LogP contribution in [-0.2, 0) is 4.79 Å². The van der Waals surface area contributed by atoms with Crippen molar-refractivity contribution in [1.82, 2.24) is 0 Å². The van der Waals surface area contributed by atoms with Gasteiger partial charge in [-0.3, -0.25) is 4.79 Å². The highest BCUT2D eigenvalue weighted by atomic mass is 16.1. The molecule has 1 aromatic carbocycles. The second-order valence-electron chi connectivity index (χ2n) is 4.79. The third-order valence-electron chi connectivity index (χ3n) is 3.07. The SMILES string of the molecule is CC1(C)CC/C(=C\c2ccccc2)C1=O. The van der Waals surface area contributed by atoms with Crippen LogP contribution >= 0.6 is 0 Å². The molecule has 1 aliphatic rings. The molecule has 0 bridgehead atoms. The molecule has 1 aromatic rings. The van der Waals surface area contributed by atoms with Gasteiger partial charge in [-0.05, 0) is 30.1 Å². The number of carbonyl (C=O) groups is 1. The average molecular weight is 200 g/mol. The molecular weight excluding hydrogens is 184 g/mol. The molecule has 0 aliphatic heterocycles. The van der Waals surface area contributed by atoms with Gasteiger partial charge < -0.3 is 0 Å². The summed E-state index contributed by atoms with van der Waals surface area (Å²) in [5.41, 5.74) is 1.95. The van der Waals surface area contributed by atoms with Crippen LogP contribution in [0, 0.1) is 5.41 Å². The Morgan fingerprint density at radius 2 is 1.87 bits per heavy atom. The summed E-state index contributed by atoms with van der Waals surface area (Å²) in [5, 5.41) is 0. The minimum atomic E-state index is -0.152. The zero-order valence-corrected chi connectivity index (χ0v) is 9.29. The van der Waals surface area contributed by atoms with E-state index in [1.165, 1.54) is 0 Å². The molecule has 78 valence electrons. The highest BCUT2D eigenvalue weighted by Gasteiger charge is 2.36. The maximum Gasteiger partial charge on any atom is 0.164 e. The van der Waals surface area contributed by atoms with Crippen molar-refractivity contribution in [2.24, 2.45) is 5.41 Å². The van der Waals surface area contributed by atoms with E-state index in [2.05, 4.69) is 0 Å². The molecule has 0 heterocycles. The molecule has 0 aromatic heterocycles. The van der Waals surface area contributed by atoms with Crippen LogP contribution in [0.4, 0.5) is 0 Å². The molecule has 1 nitrogen and oxygen atoms in total. The third-order valence-corrected chi connectivity index (χ3v) is 3.07. The molecule has 0 radical (unpaired) electrons. The Balaban J connectivity index is 2.27. The maximum atomic E-state index is 12.0. The third kappa shape index (κ3) is 2.01. The molecular formula is C14H16O. The van der Waals surface area contributed by atoms with Crippen molar-refractivity contribution in [1.29, 1.82) is 0 Å². The Hall–Kier alpha value is -1.37. The van der Waals surface area contributed by atoms with E-state index in [1.807, 2.05) is 50.3 Å². The Bertz CT molecular complexity index is 399. The normalized spacial score (nSPS) is 22.3. The van der Waals surface area contributed by atoms with Crippen molar-refractivity contribution in [3.05, 3.63) is 41.5 Å². The van der Waals surface area contributed by atoms with E-state index in [1.54, 1.807) is 0 Å². The van der Waals surface area contributed by atoms with Gasteiger partial charge in [0.2, 0.25) is 0 Å². The second kappa shape index (κ2) is 3.65. The summed E-state index contributed by atoms with van der Waals surface area (Å²) < 4.78 is 0. The van der Waals surface area contributed by atoms with Crippen LogP contribution in [0.5, 0.6) is 0 Å². The molecule has 2 rings (SSSR count). The fourth-order valence-corrected chi connectivity index (χ4v) is 2.00. The van der Waals surface area contributed by atoms with Crippen molar-refractivity contribution in [2.45, 2.75) is 26.7 Å². The van der Waals surface area contributed by atoms with Crippen molar-refractivity contribution in [3.8, 4) is 0 Å². The van der Waals surface area contributed by atoms with Gasteiger partial charge in [-0.2, -0.15) is 0 Å². The lowest BCUT2D eigenvalue weighted by molar-refractivity contribution is -0.121. The molecule has 1 aliphatic carbocycles. The van der Waals surface area contributed by atoms with Gasteiger partial charge in [0, 0.05) is 5.41 Å². The summed E-state index contributed by atoms with van der Waals surface area (Å²) in [6.07, 6.45) is 3.92. The van der Waals surface area contributed by atoms with E-state index in [-0.39, 0.29) is 5.41 Å². The van der Waals surface area contributed by atoms with Crippen molar-refractivity contribution < 1.29 is 4.79 Å². The van der Waals surface area contributed by atoms with Crippen LogP contribution < -0.4 is 0 Å². The van der Waals surface area contributed by atoms with Gasteiger partial charge >= 0.3 is 0 Å². The first-order valence-corrected chi connectivity index (χ1v) is 5.40. The molecule has 0 saturated heterocycles. The van der Waals surface area contributed by atoms with Gasteiger partial charge in [0.05, 0.1) is 0 Å². The highest BCUT2D eigenvalue weighted by Crippen LogP contribution is 2.37. The predicted octanol–water partition coefficient (Wildman–Crippen LogP) is 3.46. The summed E-state index contributed by atoms with van der Waals surface area (Å²) in [5.74, 6) is 0.311. The van der Waals surface area contributed by atoms with Gasteiger partial charge in [-0.1, -0.05) is 44.2 Å². The van der Waals surface area contributed by atoms with E-state index in [0.29, 0.717) is 5.78 Å². The maximum absolute atomic E-state index is 12.0. The molecule has 0 unspecified atom stereocenters. The van der Waals surface area contributed by atoms with E-state index < -0.39 is 0 Å². The fourth-order valence-electron chi connectivity index (χ4n) is 2.00. The molecule has 1 saturated carbocycles. The zero-order valence-electron chi connectivity index (χ0n) is 9.29. The first-order chi connectivity index (χ1) is 7.09. The first kappa shape index (κ1) is 10.2. The quantitative estimate of drug-likeness (QED) is 0.634. The predicted molar refractivity (Wildman–Crippen MR) is 62.4 cm³/mol. The van der Waals surface area contributed by atoms with Crippen molar-refractivity contribution in [2.75, 3.05) is 0 Å². The number of benzene rings is 1. The lowest BCUT2D eigenvalue weighted by Gasteiger charge is -2.12. The number of hydrogen-bond donors (Lipinski definition) is 0. The van der Waals surface area contributed by atoms with Crippen molar-refractivity contribution >= 4 is 11.9 Å². The molecule has 0 spiro atoms. The van der Waals surface area contributed by atoms with Crippen molar-refractivity contribution in [3.63, 3.8) is 0 Å². The summed E-state index contributed by atoms with van der Waals surface area (Å²) in [6, 6.07) is 10.0. The second-order valence-corrected chi connectivity index (χ2v) is 4.79. The molecule has 0 amide bonds. The van der Waals surface area contributed by atoms with Crippen LogP contribution in [0.3, 0.4) is 0 Å². The molecule has 15 heavy (non-hydrogen) atoms. The van der Waals surface area contributed by atoms with E-state index >= 15 is 0 Å².